The standard InChI is InChI=1S/C24H32FN5O2.HI/c1-3-26-24(27-9-8-18-15-28-21-14-19(25)5-6-20(18)21)29-16-22(23-7-4-17(2)32-23)30-10-12-31-13-11-30;/h4-7,14-15,22,28H,3,8-13,16H2,1-2H3,(H2,26,27,29);1H. The molecule has 180 valence electrons. The molecule has 1 saturated heterocycles. The smallest absolute Gasteiger partial charge is 0.191 e. The number of halogens is 2. The van der Waals surface area contributed by atoms with Crippen molar-refractivity contribution in [1.82, 2.24) is 20.5 Å². The fourth-order valence-corrected chi connectivity index (χ4v) is 4.11. The van der Waals surface area contributed by atoms with Crippen molar-refractivity contribution in [2.45, 2.75) is 26.3 Å². The Labute approximate surface area is 211 Å². The summed E-state index contributed by atoms with van der Waals surface area (Å²) in [5.74, 6) is 2.40. The Morgan fingerprint density at radius 3 is 2.76 bits per heavy atom. The zero-order chi connectivity index (χ0) is 22.3. The van der Waals surface area contributed by atoms with Gasteiger partial charge in [-0.05, 0) is 56.2 Å². The molecule has 1 aliphatic rings. The molecule has 1 fully saturated rings. The second kappa shape index (κ2) is 12.4. The van der Waals surface area contributed by atoms with Crippen LogP contribution >= 0.6 is 24.0 Å². The highest BCUT2D eigenvalue weighted by atomic mass is 127. The highest BCUT2D eigenvalue weighted by Crippen LogP contribution is 2.24. The van der Waals surface area contributed by atoms with E-state index < -0.39 is 0 Å². The van der Waals surface area contributed by atoms with E-state index in [1.807, 2.05) is 31.3 Å². The van der Waals surface area contributed by atoms with Gasteiger partial charge in [0.05, 0.1) is 25.8 Å². The largest absolute Gasteiger partial charge is 0.465 e. The number of aryl methyl sites for hydroxylation is 1. The molecule has 0 spiro atoms. The van der Waals surface area contributed by atoms with Crippen LogP contribution in [0.4, 0.5) is 4.39 Å². The quantitative estimate of drug-likeness (QED) is 0.217. The summed E-state index contributed by atoms with van der Waals surface area (Å²) < 4.78 is 24.9. The Bertz CT molecular complexity index is 1040. The van der Waals surface area contributed by atoms with Crippen LogP contribution in [0.15, 0.2) is 45.9 Å². The van der Waals surface area contributed by atoms with Gasteiger partial charge in [0.25, 0.3) is 0 Å². The predicted octanol–water partition coefficient (Wildman–Crippen LogP) is 4.00. The van der Waals surface area contributed by atoms with E-state index in [4.69, 9.17) is 14.1 Å². The van der Waals surface area contributed by atoms with E-state index in [9.17, 15) is 4.39 Å². The van der Waals surface area contributed by atoms with Gasteiger partial charge < -0.3 is 24.8 Å². The highest BCUT2D eigenvalue weighted by Gasteiger charge is 2.25. The normalized spacial score (nSPS) is 15.9. The number of aromatic nitrogens is 1. The molecular weight excluding hydrogens is 536 g/mol. The number of hydrogen-bond donors (Lipinski definition) is 3. The van der Waals surface area contributed by atoms with Gasteiger partial charge in [-0.3, -0.25) is 9.89 Å². The Kier molecular flexibility index (Phi) is 9.57. The third-order valence-corrected chi connectivity index (χ3v) is 5.76. The van der Waals surface area contributed by atoms with E-state index in [0.717, 1.165) is 79.8 Å². The lowest BCUT2D eigenvalue weighted by Crippen LogP contribution is -2.42. The van der Waals surface area contributed by atoms with Crippen LogP contribution in [-0.4, -0.2) is 61.8 Å². The minimum atomic E-state index is -0.229. The zero-order valence-corrected chi connectivity index (χ0v) is 21.5. The van der Waals surface area contributed by atoms with E-state index in [1.165, 1.54) is 12.1 Å². The van der Waals surface area contributed by atoms with Gasteiger partial charge in [0.2, 0.25) is 0 Å². The number of fused-ring (bicyclic) bond motifs is 1. The van der Waals surface area contributed by atoms with E-state index >= 15 is 0 Å². The van der Waals surface area contributed by atoms with Gasteiger partial charge >= 0.3 is 0 Å². The molecule has 33 heavy (non-hydrogen) atoms. The fourth-order valence-electron chi connectivity index (χ4n) is 4.11. The van der Waals surface area contributed by atoms with Gasteiger partial charge in [0.1, 0.15) is 17.3 Å². The fraction of sp³-hybridized carbons (Fsp3) is 0.458. The number of aliphatic imine (C=N–C) groups is 1. The van der Waals surface area contributed by atoms with E-state index in [1.54, 1.807) is 0 Å². The van der Waals surface area contributed by atoms with Crippen LogP contribution < -0.4 is 10.6 Å². The number of aromatic amines is 1. The molecule has 7 nitrogen and oxygen atoms in total. The van der Waals surface area contributed by atoms with Gasteiger partial charge in [-0.15, -0.1) is 24.0 Å². The van der Waals surface area contributed by atoms with Gasteiger partial charge in [0.15, 0.2) is 5.96 Å². The number of benzene rings is 1. The molecule has 1 aliphatic heterocycles. The van der Waals surface area contributed by atoms with Gasteiger partial charge in [0, 0.05) is 43.3 Å². The average molecular weight is 569 g/mol. The van der Waals surface area contributed by atoms with Gasteiger partial charge in [-0.2, -0.15) is 0 Å². The van der Waals surface area contributed by atoms with Gasteiger partial charge in [-0.25, -0.2) is 4.39 Å². The second-order valence-electron chi connectivity index (χ2n) is 8.01. The molecule has 4 rings (SSSR count). The molecular formula is C24H33FIN5O2. The predicted molar refractivity (Wildman–Crippen MR) is 140 cm³/mol. The minimum absolute atomic E-state index is 0. The Balaban J connectivity index is 0.00000306. The number of ether oxygens (including phenoxy) is 1. The summed E-state index contributed by atoms with van der Waals surface area (Å²) >= 11 is 0. The topological polar surface area (TPSA) is 77.8 Å². The van der Waals surface area contributed by atoms with E-state index in [0.29, 0.717) is 6.54 Å². The van der Waals surface area contributed by atoms with Crippen molar-refractivity contribution in [3.63, 3.8) is 0 Å². The number of nitrogens with zero attached hydrogens (tertiary/aromatic N) is 2. The maximum atomic E-state index is 13.4. The number of furan rings is 1. The average Bonchev–Trinajstić information content (AvgIpc) is 3.40. The number of morpholine rings is 1. The summed E-state index contributed by atoms with van der Waals surface area (Å²) in [5, 5.41) is 7.81. The van der Waals surface area contributed by atoms with Crippen molar-refractivity contribution in [3.05, 3.63) is 59.4 Å². The monoisotopic (exact) mass is 569 g/mol. The number of H-pyrrole nitrogens is 1. The van der Waals surface area contributed by atoms with Crippen molar-refractivity contribution in [3.8, 4) is 0 Å². The molecule has 1 atom stereocenters. The molecule has 1 aromatic carbocycles. The lowest BCUT2D eigenvalue weighted by Gasteiger charge is -2.32. The Hall–Kier alpha value is -2.11. The van der Waals surface area contributed by atoms with Crippen LogP contribution in [0.3, 0.4) is 0 Å². The summed E-state index contributed by atoms with van der Waals surface area (Å²) in [7, 11) is 0. The third-order valence-electron chi connectivity index (χ3n) is 5.76. The summed E-state index contributed by atoms with van der Waals surface area (Å²) in [6.07, 6.45) is 2.75. The molecule has 0 bridgehead atoms. The molecule has 0 saturated carbocycles. The molecule has 3 aromatic rings. The van der Waals surface area contributed by atoms with Crippen LogP contribution in [0.1, 0.15) is 30.0 Å². The first-order chi connectivity index (χ1) is 15.6. The number of hydrogen-bond acceptors (Lipinski definition) is 4. The van der Waals surface area contributed by atoms with E-state index in [2.05, 4.69) is 27.4 Å². The summed E-state index contributed by atoms with van der Waals surface area (Å²) in [5.41, 5.74) is 1.98. The van der Waals surface area contributed by atoms with Crippen molar-refractivity contribution < 1.29 is 13.5 Å². The van der Waals surface area contributed by atoms with Crippen LogP contribution in [0, 0.1) is 12.7 Å². The maximum absolute atomic E-state index is 13.4. The summed E-state index contributed by atoms with van der Waals surface area (Å²) in [4.78, 5) is 10.4. The Morgan fingerprint density at radius 2 is 2.03 bits per heavy atom. The Morgan fingerprint density at radius 1 is 1.21 bits per heavy atom. The second-order valence-corrected chi connectivity index (χ2v) is 8.01. The number of rotatable bonds is 8. The van der Waals surface area contributed by atoms with Crippen molar-refractivity contribution in [1.29, 1.82) is 0 Å². The van der Waals surface area contributed by atoms with Crippen molar-refractivity contribution in [2.24, 2.45) is 4.99 Å². The molecule has 1 unspecified atom stereocenters. The molecule has 0 aliphatic carbocycles. The zero-order valence-electron chi connectivity index (χ0n) is 19.2. The lowest BCUT2D eigenvalue weighted by molar-refractivity contribution is 0.0135. The number of nitrogens with one attached hydrogen (secondary N) is 3. The van der Waals surface area contributed by atoms with Crippen molar-refractivity contribution >= 4 is 40.8 Å². The van der Waals surface area contributed by atoms with Crippen LogP contribution in [0.5, 0.6) is 0 Å². The van der Waals surface area contributed by atoms with Crippen LogP contribution in [0.25, 0.3) is 10.9 Å². The first-order valence-corrected chi connectivity index (χ1v) is 11.3. The lowest BCUT2D eigenvalue weighted by atomic mass is 10.1. The maximum Gasteiger partial charge on any atom is 0.191 e. The van der Waals surface area contributed by atoms with Crippen LogP contribution in [-0.2, 0) is 11.2 Å². The highest BCUT2D eigenvalue weighted by molar-refractivity contribution is 14.0. The molecule has 3 N–H and O–H groups in total. The van der Waals surface area contributed by atoms with E-state index in [-0.39, 0.29) is 35.8 Å². The molecule has 2 aromatic heterocycles. The molecule has 9 heteroatoms. The van der Waals surface area contributed by atoms with Crippen LogP contribution in [0.2, 0.25) is 0 Å². The molecule has 0 radical (unpaired) electrons. The molecule has 3 heterocycles. The summed E-state index contributed by atoms with van der Waals surface area (Å²) in [6.45, 7) is 9.30. The number of guanidine groups is 1. The first-order valence-electron chi connectivity index (χ1n) is 11.3. The summed E-state index contributed by atoms with van der Waals surface area (Å²) in [6, 6.07) is 8.98. The van der Waals surface area contributed by atoms with Gasteiger partial charge in [-0.1, -0.05) is 0 Å². The first kappa shape index (κ1) is 25.5. The SMILES string of the molecule is CCNC(=NCC(c1ccc(C)o1)N1CCOCC1)NCCc1c[nH]c2cc(F)ccc12.I. The third kappa shape index (κ3) is 6.70. The molecule has 0 amide bonds. The minimum Gasteiger partial charge on any atom is -0.465 e. The van der Waals surface area contributed by atoms with Crippen molar-refractivity contribution in [2.75, 3.05) is 45.9 Å².